The highest BCUT2D eigenvalue weighted by molar-refractivity contribution is 6.14. The monoisotopic (exact) mass is 225 g/mol. The largest absolute Gasteiger partial charge is 0.479 e. The van der Waals surface area contributed by atoms with E-state index in [-0.39, 0.29) is 6.54 Å². The van der Waals surface area contributed by atoms with Gasteiger partial charge in [0.15, 0.2) is 11.6 Å². The number of aliphatic carboxylic acids is 1. The molecule has 1 saturated heterocycles. The highest BCUT2D eigenvalue weighted by Gasteiger charge is 2.56. The molecule has 0 aromatic carbocycles. The molecule has 7 nitrogen and oxygen atoms in total. The van der Waals surface area contributed by atoms with E-state index in [0.29, 0.717) is 0 Å². The number of fused-ring (bicyclic) bond motifs is 1. The Balaban J connectivity index is 2.45. The first-order chi connectivity index (χ1) is 7.37. The molecular weight excluding hydrogens is 214 g/mol. The maximum absolute atomic E-state index is 11.8. The molecule has 0 aromatic rings. The molecule has 2 rings (SSSR count). The van der Waals surface area contributed by atoms with Crippen molar-refractivity contribution in [3.63, 3.8) is 0 Å². The fourth-order valence-electron chi connectivity index (χ4n) is 1.81. The van der Waals surface area contributed by atoms with Crippen LogP contribution in [0.2, 0.25) is 0 Å². The first-order valence-corrected chi connectivity index (χ1v) is 4.71. The van der Waals surface area contributed by atoms with Crippen LogP contribution >= 0.6 is 0 Å². The van der Waals surface area contributed by atoms with Gasteiger partial charge in [0.2, 0.25) is 0 Å². The number of carboxylic acid groups (broad SMARTS) is 1. The summed E-state index contributed by atoms with van der Waals surface area (Å²) in [6.07, 6.45) is 2.90. The van der Waals surface area contributed by atoms with Crippen LogP contribution in [0.25, 0.3) is 0 Å². The number of nitrogens with two attached hydrogens (primary N) is 1. The predicted molar refractivity (Wildman–Crippen MR) is 51.7 cm³/mol. The Morgan fingerprint density at radius 1 is 1.56 bits per heavy atom. The number of hydrazine groups is 1. The van der Waals surface area contributed by atoms with Crippen molar-refractivity contribution in [3.05, 3.63) is 12.2 Å². The Labute approximate surface area is 91.1 Å². The Kier molecular flexibility index (Phi) is 2.02. The Hall–Kier alpha value is -1.89. The van der Waals surface area contributed by atoms with Crippen molar-refractivity contribution in [2.24, 2.45) is 5.73 Å². The molecule has 0 spiro atoms. The Morgan fingerprint density at radius 3 is 2.75 bits per heavy atom. The topological polar surface area (TPSA) is 104 Å². The van der Waals surface area contributed by atoms with E-state index in [1.807, 2.05) is 0 Å². The summed E-state index contributed by atoms with van der Waals surface area (Å²) in [5.74, 6) is -2.46. The fraction of sp³-hybridized carbons (Fsp3) is 0.444. The van der Waals surface area contributed by atoms with Gasteiger partial charge in [0, 0.05) is 0 Å². The molecule has 2 aliphatic rings. The molecule has 86 valence electrons. The van der Waals surface area contributed by atoms with Gasteiger partial charge in [0.05, 0.1) is 6.54 Å². The van der Waals surface area contributed by atoms with Gasteiger partial charge < -0.3 is 10.8 Å². The lowest BCUT2D eigenvalue weighted by molar-refractivity contribution is -0.161. The van der Waals surface area contributed by atoms with Gasteiger partial charge in [-0.3, -0.25) is 9.59 Å². The molecule has 3 N–H and O–H groups in total. The van der Waals surface area contributed by atoms with Gasteiger partial charge in [-0.25, -0.2) is 14.8 Å². The van der Waals surface area contributed by atoms with Gasteiger partial charge in [0.25, 0.3) is 11.8 Å². The highest BCUT2D eigenvalue weighted by Crippen LogP contribution is 2.26. The number of carboxylic acids is 1. The van der Waals surface area contributed by atoms with E-state index in [1.165, 1.54) is 19.1 Å². The molecule has 1 fully saturated rings. The number of nitrogens with zero attached hydrogens (tertiary/aromatic N) is 2. The molecule has 0 saturated carbocycles. The van der Waals surface area contributed by atoms with E-state index in [4.69, 9.17) is 10.8 Å². The number of carbonyl (C=O) groups is 3. The summed E-state index contributed by atoms with van der Waals surface area (Å²) in [6, 6.07) is -1.16. The van der Waals surface area contributed by atoms with Crippen molar-refractivity contribution in [1.82, 2.24) is 10.0 Å². The van der Waals surface area contributed by atoms with Crippen molar-refractivity contribution >= 4 is 17.8 Å². The molecular formula is C9H11N3O4. The lowest BCUT2D eigenvalue weighted by Gasteiger charge is -2.33. The molecule has 2 amide bonds. The maximum atomic E-state index is 11.8. The normalized spacial score (nSPS) is 33.2. The average Bonchev–Trinajstić information content (AvgIpc) is 2.40. The molecule has 0 bridgehead atoms. The number of amides is 2. The minimum Gasteiger partial charge on any atom is -0.479 e. The van der Waals surface area contributed by atoms with Crippen LogP contribution in [-0.2, 0) is 14.4 Å². The summed E-state index contributed by atoms with van der Waals surface area (Å²) in [5.41, 5.74) is 3.92. The van der Waals surface area contributed by atoms with E-state index in [1.54, 1.807) is 0 Å². The zero-order chi connectivity index (χ0) is 12.1. The molecule has 0 aromatic heterocycles. The van der Waals surface area contributed by atoms with Crippen LogP contribution in [0.1, 0.15) is 6.92 Å². The summed E-state index contributed by atoms with van der Waals surface area (Å²) in [5, 5.41) is 10.9. The Morgan fingerprint density at radius 2 is 2.19 bits per heavy atom. The third-order valence-corrected chi connectivity index (χ3v) is 2.70. The third kappa shape index (κ3) is 1.15. The second-order valence-electron chi connectivity index (χ2n) is 3.95. The van der Waals surface area contributed by atoms with Crippen molar-refractivity contribution in [2.45, 2.75) is 18.5 Å². The van der Waals surface area contributed by atoms with E-state index in [2.05, 4.69) is 0 Å². The highest BCUT2D eigenvalue weighted by atomic mass is 16.4. The first kappa shape index (κ1) is 10.6. The number of hydrogen-bond acceptors (Lipinski definition) is 4. The minimum absolute atomic E-state index is 0.168. The first-order valence-electron chi connectivity index (χ1n) is 4.71. The lowest BCUT2D eigenvalue weighted by Crippen LogP contribution is -2.53. The van der Waals surface area contributed by atoms with Crippen molar-refractivity contribution in [1.29, 1.82) is 0 Å². The predicted octanol–water partition coefficient (Wildman–Crippen LogP) is -1.69. The molecule has 2 aliphatic heterocycles. The third-order valence-electron chi connectivity index (χ3n) is 2.70. The van der Waals surface area contributed by atoms with Crippen LogP contribution in [0.4, 0.5) is 0 Å². The zero-order valence-electron chi connectivity index (χ0n) is 8.58. The fourth-order valence-corrected chi connectivity index (χ4v) is 1.81. The van der Waals surface area contributed by atoms with E-state index < -0.39 is 29.4 Å². The second-order valence-corrected chi connectivity index (χ2v) is 3.95. The summed E-state index contributed by atoms with van der Waals surface area (Å²) >= 11 is 0. The minimum atomic E-state index is -1.67. The SMILES string of the molecule is C[C@@]1(N)C(=O)N2CC=C[C@@H](C(=O)O)N2C1=O. The van der Waals surface area contributed by atoms with Crippen LogP contribution in [0.3, 0.4) is 0 Å². The van der Waals surface area contributed by atoms with Crippen LogP contribution in [0.15, 0.2) is 12.2 Å². The van der Waals surface area contributed by atoms with Crippen LogP contribution in [-0.4, -0.2) is 51.0 Å². The molecule has 2 atom stereocenters. The second kappa shape index (κ2) is 3.05. The lowest BCUT2D eigenvalue weighted by atomic mass is 10.0. The van der Waals surface area contributed by atoms with Crippen molar-refractivity contribution < 1.29 is 19.5 Å². The van der Waals surface area contributed by atoms with Crippen LogP contribution in [0, 0.1) is 0 Å². The molecule has 2 heterocycles. The van der Waals surface area contributed by atoms with Gasteiger partial charge in [0.1, 0.15) is 0 Å². The summed E-state index contributed by atoms with van der Waals surface area (Å²) in [4.78, 5) is 34.5. The van der Waals surface area contributed by atoms with Gasteiger partial charge in [-0.05, 0) is 6.92 Å². The summed E-state index contributed by atoms with van der Waals surface area (Å²) < 4.78 is 0. The number of carbonyl (C=O) groups excluding carboxylic acids is 2. The molecule has 0 unspecified atom stereocenters. The standard InChI is InChI=1S/C9H11N3O4/c1-9(10)7(15)11-4-2-3-5(6(13)14)12(11)8(9)16/h2-3,5H,4,10H2,1H3,(H,13,14)/t5-,9+/m0/s1. The van der Waals surface area contributed by atoms with E-state index in [0.717, 1.165) is 10.0 Å². The number of rotatable bonds is 1. The summed E-state index contributed by atoms with van der Waals surface area (Å²) in [7, 11) is 0. The van der Waals surface area contributed by atoms with Gasteiger partial charge in [-0.15, -0.1) is 0 Å². The molecule has 0 radical (unpaired) electrons. The maximum Gasteiger partial charge on any atom is 0.332 e. The van der Waals surface area contributed by atoms with Crippen molar-refractivity contribution in [2.75, 3.05) is 6.54 Å². The van der Waals surface area contributed by atoms with Gasteiger partial charge >= 0.3 is 5.97 Å². The number of hydrogen-bond donors (Lipinski definition) is 2. The van der Waals surface area contributed by atoms with E-state index >= 15 is 0 Å². The zero-order valence-corrected chi connectivity index (χ0v) is 8.58. The quantitative estimate of drug-likeness (QED) is 0.409. The Bertz CT molecular complexity index is 415. The average molecular weight is 225 g/mol. The van der Waals surface area contributed by atoms with E-state index in [9.17, 15) is 14.4 Å². The molecule has 0 aliphatic carbocycles. The van der Waals surface area contributed by atoms with Crippen molar-refractivity contribution in [3.8, 4) is 0 Å². The van der Waals surface area contributed by atoms with Gasteiger partial charge in [-0.1, -0.05) is 12.2 Å². The summed E-state index contributed by atoms with van der Waals surface area (Å²) in [6.45, 7) is 1.45. The van der Waals surface area contributed by atoms with Gasteiger partial charge in [-0.2, -0.15) is 0 Å². The molecule has 7 heteroatoms. The van der Waals surface area contributed by atoms with Crippen LogP contribution < -0.4 is 5.73 Å². The smallest absolute Gasteiger partial charge is 0.332 e. The van der Waals surface area contributed by atoms with Crippen LogP contribution in [0.5, 0.6) is 0 Å². The molecule has 16 heavy (non-hydrogen) atoms.